The van der Waals surface area contributed by atoms with Gasteiger partial charge in [-0.2, -0.15) is 4.98 Å². The van der Waals surface area contributed by atoms with Gasteiger partial charge in [-0.05, 0) is 19.4 Å². The molecule has 1 aromatic heterocycles. The maximum atomic E-state index is 5.28. The van der Waals surface area contributed by atoms with E-state index in [2.05, 4.69) is 20.4 Å². The highest BCUT2D eigenvalue weighted by Crippen LogP contribution is 2.11. The lowest BCUT2D eigenvalue weighted by molar-refractivity contribution is 0.203. The lowest BCUT2D eigenvalue weighted by Gasteiger charge is -2.25. The fourth-order valence-electron chi connectivity index (χ4n) is 1.85. The maximum Gasteiger partial charge on any atom is 0.241 e. The Morgan fingerprint density at radius 3 is 2.94 bits per heavy atom. The Morgan fingerprint density at radius 2 is 2.22 bits per heavy atom. The van der Waals surface area contributed by atoms with Crippen LogP contribution in [0.1, 0.15) is 25.6 Å². The van der Waals surface area contributed by atoms with Crippen LogP contribution in [0, 0.1) is 0 Å². The van der Waals surface area contributed by atoms with Crippen LogP contribution in [-0.2, 0) is 6.54 Å². The quantitative estimate of drug-likeness (QED) is 0.817. The zero-order valence-corrected chi connectivity index (χ0v) is 11.0. The summed E-state index contributed by atoms with van der Waals surface area (Å²) >= 11 is 0. The zero-order valence-electron chi connectivity index (χ0n) is 11.0. The molecule has 0 aromatic carbocycles. The van der Waals surface area contributed by atoms with Gasteiger partial charge in [0.2, 0.25) is 5.89 Å². The van der Waals surface area contributed by atoms with Crippen LogP contribution in [0.5, 0.6) is 0 Å². The molecule has 98 valence electrons. The summed E-state index contributed by atoms with van der Waals surface area (Å²) in [7, 11) is 0. The van der Waals surface area contributed by atoms with Gasteiger partial charge >= 0.3 is 0 Å². The minimum absolute atomic E-state index is 0.679. The number of nitrogens with zero attached hydrogens (tertiary/aromatic N) is 3. The summed E-state index contributed by atoms with van der Waals surface area (Å²) in [6, 6.07) is 0. The van der Waals surface area contributed by atoms with E-state index in [1.807, 2.05) is 32.1 Å². The van der Waals surface area contributed by atoms with Crippen molar-refractivity contribution in [1.82, 2.24) is 20.4 Å². The first kappa shape index (κ1) is 13.0. The van der Waals surface area contributed by atoms with E-state index in [0.29, 0.717) is 11.7 Å². The van der Waals surface area contributed by atoms with Crippen molar-refractivity contribution in [1.29, 1.82) is 0 Å². The summed E-state index contributed by atoms with van der Waals surface area (Å²) in [5, 5.41) is 7.33. The summed E-state index contributed by atoms with van der Waals surface area (Å²) in [4.78, 5) is 6.73. The molecule has 2 heterocycles. The molecule has 0 amide bonds. The van der Waals surface area contributed by atoms with E-state index in [1.54, 1.807) is 0 Å². The molecular formula is C13H20N4O. The molecule has 0 radical (unpaired) electrons. The van der Waals surface area contributed by atoms with Crippen LogP contribution in [0.4, 0.5) is 0 Å². The fourth-order valence-corrected chi connectivity index (χ4v) is 1.85. The van der Waals surface area contributed by atoms with Crippen LogP contribution in [0.25, 0.3) is 5.57 Å². The molecule has 1 saturated heterocycles. The number of piperazine rings is 1. The summed E-state index contributed by atoms with van der Waals surface area (Å²) in [5.41, 5.74) is 1.02. The molecule has 1 fully saturated rings. The topological polar surface area (TPSA) is 54.2 Å². The van der Waals surface area contributed by atoms with Crippen LogP contribution in [-0.4, -0.2) is 41.2 Å². The second kappa shape index (κ2) is 6.47. The molecule has 1 aliphatic heterocycles. The van der Waals surface area contributed by atoms with Gasteiger partial charge in [0.15, 0.2) is 5.82 Å². The molecule has 0 atom stereocenters. The van der Waals surface area contributed by atoms with Gasteiger partial charge in [0, 0.05) is 26.2 Å². The molecule has 5 nitrogen and oxygen atoms in total. The van der Waals surface area contributed by atoms with Gasteiger partial charge in [-0.25, -0.2) is 0 Å². The number of rotatable bonds is 4. The molecule has 0 aliphatic carbocycles. The lowest BCUT2D eigenvalue weighted by Crippen LogP contribution is -2.42. The van der Waals surface area contributed by atoms with Gasteiger partial charge in [-0.15, -0.1) is 0 Å². The van der Waals surface area contributed by atoms with Crippen molar-refractivity contribution in [3.63, 3.8) is 0 Å². The first-order valence-corrected chi connectivity index (χ1v) is 6.35. The van der Waals surface area contributed by atoms with Crippen molar-refractivity contribution in [3.8, 4) is 0 Å². The maximum absolute atomic E-state index is 5.28. The summed E-state index contributed by atoms with van der Waals surface area (Å²) in [5.74, 6) is 1.37. The molecule has 0 unspecified atom stereocenters. The second-order valence-corrected chi connectivity index (χ2v) is 4.41. The van der Waals surface area contributed by atoms with E-state index in [-0.39, 0.29) is 0 Å². The molecule has 1 N–H and O–H groups in total. The van der Waals surface area contributed by atoms with Gasteiger partial charge in [-0.3, -0.25) is 4.90 Å². The third-order valence-corrected chi connectivity index (χ3v) is 2.93. The SMILES string of the molecule is C/C=C\C=C(/C)c1noc(CN2CCNCC2)n1. The van der Waals surface area contributed by atoms with E-state index in [4.69, 9.17) is 4.52 Å². The average Bonchev–Trinajstić information content (AvgIpc) is 2.86. The van der Waals surface area contributed by atoms with Crippen molar-refractivity contribution in [3.05, 3.63) is 29.9 Å². The summed E-state index contributed by atoms with van der Waals surface area (Å²) < 4.78 is 5.28. The van der Waals surface area contributed by atoms with Gasteiger partial charge < -0.3 is 9.84 Å². The molecule has 0 bridgehead atoms. The van der Waals surface area contributed by atoms with Gasteiger partial charge in [0.05, 0.1) is 6.54 Å². The molecular weight excluding hydrogens is 228 g/mol. The molecule has 0 spiro atoms. The third kappa shape index (κ3) is 3.51. The predicted octanol–water partition coefficient (Wildman–Crippen LogP) is 1.45. The molecule has 2 rings (SSSR count). The number of hydrogen-bond donors (Lipinski definition) is 1. The van der Waals surface area contributed by atoms with Crippen molar-refractivity contribution in [2.75, 3.05) is 26.2 Å². The average molecular weight is 248 g/mol. The van der Waals surface area contributed by atoms with Crippen molar-refractivity contribution < 1.29 is 4.52 Å². The molecule has 1 aromatic rings. The highest BCUT2D eigenvalue weighted by Gasteiger charge is 2.14. The van der Waals surface area contributed by atoms with Gasteiger partial charge in [0.1, 0.15) is 0 Å². The van der Waals surface area contributed by atoms with Crippen molar-refractivity contribution >= 4 is 5.57 Å². The third-order valence-electron chi connectivity index (χ3n) is 2.93. The molecule has 5 heteroatoms. The van der Waals surface area contributed by atoms with Crippen LogP contribution < -0.4 is 5.32 Å². The Hall–Kier alpha value is -1.46. The van der Waals surface area contributed by atoms with Crippen LogP contribution in [0.15, 0.2) is 22.8 Å². The Balaban J connectivity index is 1.97. The number of aromatic nitrogens is 2. The Kier molecular flexibility index (Phi) is 4.66. The molecule has 18 heavy (non-hydrogen) atoms. The van der Waals surface area contributed by atoms with Crippen LogP contribution in [0.3, 0.4) is 0 Å². The first-order chi connectivity index (χ1) is 8.79. The zero-order chi connectivity index (χ0) is 12.8. The largest absolute Gasteiger partial charge is 0.338 e. The molecule has 0 saturated carbocycles. The standard InChI is InChI=1S/C13H20N4O/c1-3-4-5-11(2)13-15-12(18-16-13)10-17-8-6-14-7-9-17/h3-5,14H,6-10H2,1-2H3/b4-3-,11-5+. The van der Waals surface area contributed by atoms with Gasteiger partial charge in [0.25, 0.3) is 0 Å². The second-order valence-electron chi connectivity index (χ2n) is 4.41. The Labute approximate surface area is 108 Å². The smallest absolute Gasteiger partial charge is 0.241 e. The van der Waals surface area contributed by atoms with E-state index in [0.717, 1.165) is 38.3 Å². The first-order valence-electron chi connectivity index (χ1n) is 6.35. The number of allylic oxidation sites excluding steroid dienone is 4. The Morgan fingerprint density at radius 1 is 1.44 bits per heavy atom. The van der Waals surface area contributed by atoms with Crippen LogP contribution >= 0.6 is 0 Å². The predicted molar refractivity (Wildman–Crippen MR) is 70.9 cm³/mol. The normalized spacial score (nSPS) is 18.7. The monoisotopic (exact) mass is 248 g/mol. The van der Waals surface area contributed by atoms with Crippen LogP contribution in [0.2, 0.25) is 0 Å². The fraction of sp³-hybridized carbons (Fsp3) is 0.538. The molecule has 1 aliphatic rings. The minimum Gasteiger partial charge on any atom is -0.338 e. The minimum atomic E-state index is 0.679. The van der Waals surface area contributed by atoms with Gasteiger partial charge in [-0.1, -0.05) is 23.4 Å². The number of nitrogens with one attached hydrogen (secondary N) is 1. The summed E-state index contributed by atoms with van der Waals surface area (Å²) in [6.45, 7) is 8.83. The van der Waals surface area contributed by atoms with E-state index in [9.17, 15) is 0 Å². The van der Waals surface area contributed by atoms with E-state index >= 15 is 0 Å². The highest BCUT2D eigenvalue weighted by molar-refractivity contribution is 5.58. The summed E-state index contributed by atoms with van der Waals surface area (Å²) in [6.07, 6.45) is 5.94. The van der Waals surface area contributed by atoms with E-state index in [1.165, 1.54) is 0 Å². The van der Waals surface area contributed by atoms with E-state index < -0.39 is 0 Å². The lowest BCUT2D eigenvalue weighted by atomic mass is 10.2. The Bertz CT molecular complexity index is 430. The van der Waals surface area contributed by atoms with Crippen molar-refractivity contribution in [2.45, 2.75) is 20.4 Å². The number of hydrogen-bond acceptors (Lipinski definition) is 5. The van der Waals surface area contributed by atoms with Crippen molar-refractivity contribution in [2.24, 2.45) is 0 Å². The highest BCUT2D eigenvalue weighted by atomic mass is 16.5.